The molecule has 1 unspecified atom stereocenters. The van der Waals surface area contributed by atoms with Crippen LogP contribution < -0.4 is 0 Å². The summed E-state index contributed by atoms with van der Waals surface area (Å²) in [7, 11) is 0. The fourth-order valence-electron chi connectivity index (χ4n) is 6.39. The van der Waals surface area contributed by atoms with Gasteiger partial charge in [-0.2, -0.15) is 0 Å². The number of alkyl halides is 2. The number of halogens is 3. The van der Waals surface area contributed by atoms with Crippen LogP contribution in [0.3, 0.4) is 0 Å². The van der Waals surface area contributed by atoms with E-state index in [0.29, 0.717) is 19.5 Å². The monoisotopic (exact) mass is 531 g/mol. The number of piperidine rings is 1. The minimum atomic E-state index is -2.87. The standard InChI is InChI=1S/C30H40F3N3O2/c1-29(2,3)27(28(37)38)36-19-23(26(20-36)22-6-4-8-25(31)16-22)18-35-14-10-21(11-15-35)9-12-30(32,33)24-7-5-13-34-17-24/h4-8,13,16-17,21,23,26-27H,9-12,14-15,18-20H2,1-3H3,(H,37,38)/t23?,26-,27+/m1/s1. The Bertz CT molecular complexity index is 1070. The lowest BCUT2D eigenvalue weighted by Crippen LogP contribution is -2.48. The van der Waals surface area contributed by atoms with Gasteiger partial charge in [0.05, 0.1) is 0 Å². The van der Waals surface area contributed by atoms with E-state index >= 15 is 0 Å². The average molecular weight is 532 g/mol. The summed E-state index contributed by atoms with van der Waals surface area (Å²) in [6.45, 7) is 9.48. The van der Waals surface area contributed by atoms with Crippen LogP contribution in [0.2, 0.25) is 0 Å². The molecule has 2 saturated heterocycles. The first kappa shape index (κ1) is 28.6. The Kier molecular flexibility index (Phi) is 8.82. The van der Waals surface area contributed by atoms with Gasteiger partial charge in [0, 0.05) is 49.9 Å². The highest BCUT2D eigenvalue weighted by atomic mass is 19.3. The molecule has 1 N–H and O–H groups in total. The molecule has 1 aromatic carbocycles. The largest absolute Gasteiger partial charge is 0.480 e. The van der Waals surface area contributed by atoms with Crippen LogP contribution in [-0.2, 0) is 10.7 Å². The summed E-state index contributed by atoms with van der Waals surface area (Å²) in [5.41, 5.74) is 0.438. The van der Waals surface area contributed by atoms with Crippen molar-refractivity contribution in [2.45, 2.75) is 64.3 Å². The summed E-state index contributed by atoms with van der Waals surface area (Å²) >= 11 is 0. The van der Waals surface area contributed by atoms with Crippen molar-refractivity contribution in [3.8, 4) is 0 Å². The smallest absolute Gasteiger partial charge is 0.321 e. The van der Waals surface area contributed by atoms with Gasteiger partial charge in [-0.15, -0.1) is 0 Å². The van der Waals surface area contributed by atoms with Crippen molar-refractivity contribution in [1.82, 2.24) is 14.8 Å². The third kappa shape index (κ3) is 6.94. The fraction of sp³-hybridized carbons (Fsp3) is 0.600. The minimum absolute atomic E-state index is 0.0264. The van der Waals surface area contributed by atoms with Crippen LogP contribution >= 0.6 is 0 Å². The molecule has 8 heteroatoms. The zero-order valence-corrected chi connectivity index (χ0v) is 22.6. The summed E-state index contributed by atoms with van der Waals surface area (Å²) in [6.07, 6.45) is 4.78. The molecular weight excluding hydrogens is 491 g/mol. The summed E-state index contributed by atoms with van der Waals surface area (Å²) in [4.78, 5) is 20.5. The molecule has 2 aliphatic rings. The van der Waals surface area contributed by atoms with Crippen LogP contribution in [0, 0.1) is 23.1 Å². The number of aromatic nitrogens is 1. The molecule has 0 aliphatic carbocycles. The molecule has 3 heterocycles. The number of nitrogens with zero attached hydrogens (tertiary/aromatic N) is 3. The van der Waals surface area contributed by atoms with Crippen LogP contribution in [0.15, 0.2) is 48.8 Å². The van der Waals surface area contributed by atoms with Crippen molar-refractivity contribution in [1.29, 1.82) is 0 Å². The van der Waals surface area contributed by atoms with Crippen LogP contribution in [-0.4, -0.2) is 64.6 Å². The lowest BCUT2D eigenvalue weighted by atomic mass is 9.85. The highest BCUT2D eigenvalue weighted by Gasteiger charge is 2.44. The van der Waals surface area contributed by atoms with Gasteiger partial charge < -0.3 is 10.0 Å². The molecule has 2 aliphatic heterocycles. The number of carboxylic acids is 1. The number of pyridine rings is 1. The zero-order valence-electron chi connectivity index (χ0n) is 22.6. The Morgan fingerprint density at radius 1 is 1.13 bits per heavy atom. The van der Waals surface area contributed by atoms with E-state index in [1.807, 2.05) is 26.8 Å². The number of benzene rings is 1. The second kappa shape index (κ2) is 11.7. The third-order valence-corrected chi connectivity index (χ3v) is 8.32. The van der Waals surface area contributed by atoms with E-state index in [2.05, 4.69) is 14.8 Å². The Hall–Kier alpha value is -2.45. The highest BCUT2D eigenvalue weighted by Crippen LogP contribution is 2.39. The van der Waals surface area contributed by atoms with Crippen LogP contribution in [0.25, 0.3) is 0 Å². The van der Waals surface area contributed by atoms with Gasteiger partial charge in [0.15, 0.2) is 0 Å². The van der Waals surface area contributed by atoms with Crippen molar-refractivity contribution in [2.24, 2.45) is 17.3 Å². The van der Waals surface area contributed by atoms with E-state index in [1.165, 1.54) is 24.5 Å². The van der Waals surface area contributed by atoms with Crippen molar-refractivity contribution < 1.29 is 23.1 Å². The first-order valence-electron chi connectivity index (χ1n) is 13.7. The molecule has 2 aromatic rings. The lowest BCUT2D eigenvalue weighted by Gasteiger charge is -2.36. The molecule has 0 amide bonds. The number of carboxylic acid groups (broad SMARTS) is 1. The molecule has 3 atom stereocenters. The first-order valence-corrected chi connectivity index (χ1v) is 13.7. The maximum absolute atomic E-state index is 14.6. The molecule has 5 nitrogen and oxygen atoms in total. The number of likely N-dealkylation sites (tertiary alicyclic amines) is 2. The predicted molar refractivity (Wildman–Crippen MR) is 142 cm³/mol. The normalized spacial score (nSPS) is 23.0. The number of aliphatic carboxylic acids is 1. The highest BCUT2D eigenvalue weighted by molar-refractivity contribution is 5.74. The third-order valence-electron chi connectivity index (χ3n) is 8.32. The van der Waals surface area contributed by atoms with Crippen molar-refractivity contribution in [3.05, 3.63) is 65.7 Å². The van der Waals surface area contributed by atoms with Gasteiger partial charge in [-0.3, -0.25) is 14.7 Å². The van der Waals surface area contributed by atoms with Gasteiger partial charge in [0.1, 0.15) is 11.9 Å². The molecule has 0 radical (unpaired) electrons. The van der Waals surface area contributed by atoms with E-state index in [4.69, 9.17) is 0 Å². The molecule has 4 rings (SSSR count). The maximum Gasteiger partial charge on any atom is 0.321 e. The quantitative estimate of drug-likeness (QED) is 0.429. The minimum Gasteiger partial charge on any atom is -0.480 e. The van der Waals surface area contributed by atoms with Crippen molar-refractivity contribution in [3.63, 3.8) is 0 Å². The maximum atomic E-state index is 14.6. The SMILES string of the molecule is CC(C)(C)[C@H](C(=O)O)N1CC(CN2CCC(CCC(F)(F)c3cccnc3)CC2)[C@@H](c2cccc(F)c2)C1. The lowest BCUT2D eigenvalue weighted by molar-refractivity contribution is -0.147. The molecule has 1 aromatic heterocycles. The fourth-order valence-corrected chi connectivity index (χ4v) is 6.39. The van der Waals surface area contributed by atoms with E-state index in [9.17, 15) is 23.1 Å². The van der Waals surface area contributed by atoms with Gasteiger partial charge in [0.2, 0.25) is 0 Å². The second-order valence-electron chi connectivity index (χ2n) is 12.2. The molecule has 208 valence electrons. The van der Waals surface area contributed by atoms with Crippen LogP contribution in [0.4, 0.5) is 13.2 Å². The summed E-state index contributed by atoms with van der Waals surface area (Å²) in [6, 6.07) is 9.01. The summed E-state index contributed by atoms with van der Waals surface area (Å²) in [5, 5.41) is 10.0. The summed E-state index contributed by atoms with van der Waals surface area (Å²) in [5.74, 6) is -3.54. The molecule has 2 fully saturated rings. The van der Waals surface area contributed by atoms with E-state index in [1.54, 1.807) is 18.2 Å². The van der Waals surface area contributed by atoms with E-state index in [-0.39, 0.29) is 35.6 Å². The van der Waals surface area contributed by atoms with E-state index in [0.717, 1.165) is 38.0 Å². The topological polar surface area (TPSA) is 56.7 Å². The van der Waals surface area contributed by atoms with Gasteiger partial charge in [0.25, 0.3) is 5.92 Å². The Morgan fingerprint density at radius 3 is 2.47 bits per heavy atom. The molecular formula is C30H40F3N3O2. The molecule has 0 bridgehead atoms. The molecule has 0 saturated carbocycles. The molecule has 38 heavy (non-hydrogen) atoms. The Labute approximate surface area is 224 Å². The van der Waals surface area contributed by atoms with E-state index < -0.39 is 23.3 Å². The van der Waals surface area contributed by atoms with Gasteiger partial charge >= 0.3 is 5.97 Å². The van der Waals surface area contributed by atoms with Gasteiger partial charge in [-0.1, -0.05) is 32.9 Å². The first-order chi connectivity index (χ1) is 17.9. The average Bonchev–Trinajstić information content (AvgIpc) is 3.25. The zero-order chi connectivity index (χ0) is 27.5. The number of hydrogen-bond acceptors (Lipinski definition) is 4. The van der Waals surface area contributed by atoms with Crippen LogP contribution in [0.5, 0.6) is 0 Å². The predicted octanol–water partition coefficient (Wildman–Crippen LogP) is 6.02. The van der Waals surface area contributed by atoms with Gasteiger partial charge in [-0.05, 0) is 79.4 Å². The van der Waals surface area contributed by atoms with Crippen LogP contribution in [0.1, 0.15) is 63.5 Å². The second-order valence-corrected chi connectivity index (χ2v) is 12.2. The number of hydrogen-bond donors (Lipinski definition) is 1. The van der Waals surface area contributed by atoms with Crippen molar-refractivity contribution in [2.75, 3.05) is 32.7 Å². The number of rotatable bonds is 9. The Balaban J connectivity index is 1.38. The van der Waals surface area contributed by atoms with Crippen molar-refractivity contribution >= 4 is 5.97 Å². The van der Waals surface area contributed by atoms with Gasteiger partial charge in [-0.25, -0.2) is 13.2 Å². The number of carbonyl (C=O) groups is 1. The summed E-state index contributed by atoms with van der Waals surface area (Å²) < 4.78 is 43.3. The molecule has 0 spiro atoms. The Morgan fingerprint density at radius 2 is 1.87 bits per heavy atom.